The van der Waals surface area contributed by atoms with E-state index in [1.165, 1.54) is 12.1 Å². The molecule has 0 radical (unpaired) electrons. The summed E-state index contributed by atoms with van der Waals surface area (Å²) in [6, 6.07) is 13.4. The maximum absolute atomic E-state index is 13.4. The van der Waals surface area contributed by atoms with Crippen LogP contribution in [0, 0.1) is 5.82 Å². The Morgan fingerprint density at radius 1 is 1.06 bits per heavy atom. The summed E-state index contributed by atoms with van der Waals surface area (Å²) in [4.78, 5) is 21.1. The van der Waals surface area contributed by atoms with Crippen LogP contribution < -0.4 is 10.3 Å². The quantitative estimate of drug-likeness (QED) is 0.405. The molecule has 1 N–H and O–H groups in total. The second-order valence-corrected chi connectivity index (χ2v) is 8.93. The van der Waals surface area contributed by atoms with Gasteiger partial charge < -0.3 is 14.6 Å². The van der Waals surface area contributed by atoms with Gasteiger partial charge in [0.15, 0.2) is 5.82 Å². The average molecular weight is 492 g/mol. The lowest BCUT2D eigenvalue weighted by Gasteiger charge is -2.38. The van der Waals surface area contributed by atoms with Gasteiger partial charge in [0.25, 0.3) is 5.56 Å². The Bertz CT molecular complexity index is 1380. The number of hydrogen-bond acceptors (Lipinski definition) is 7. The van der Waals surface area contributed by atoms with Gasteiger partial charge in [-0.15, -0.1) is 5.10 Å². The number of ether oxygens (including phenoxy) is 1. The number of likely N-dealkylation sites (N-methyl/N-ethyl adjacent to an activating group) is 1. The lowest BCUT2D eigenvalue weighted by Crippen LogP contribution is -2.49. The number of aromatic nitrogens is 5. The van der Waals surface area contributed by atoms with Crippen molar-refractivity contribution in [3.05, 3.63) is 81.7 Å². The Labute approximate surface area is 208 Å². The predicted molar refractivity (Wildman–Crippen MR) is 135 cm³/mol. The van der Waals surface area contributed by atoms with Crippen molar-refractivity contribution in [1.29, 1.82) is 0 Å². The Hall–Kier alpha value is -3.63. The maximum Gasteiger partial charge on any atom is 0.253 e. The van der Waals surface area contributed by atoms with Crippen molar-refractivity contribution in [3.8, 4) is 5.75 Å². The van der Waals surface area contributed by atoms with Gasteiger partial charge in [0.05, 0.1) is 13.2 Å². The molecule has 1 fully saturated rings. The number of nitrogens with zero attached hydrogens (tertiary/aromatic N) is 6. The van der Waals surface area contributed by atoms with Gasteiger partial charge in [-0.25, -0.2) is 9.07 Å². The molecule has 0 saturated carbocycles. The van der Waals surface area contributed by atoms with Crippen LogP contribution in [0.15, 0.2) is 53.3 Å². The van der Waals surface area contributed by atoms with Crippen molar-refractivity contribution in [1.82, 2.24) is 35.0 Å². The third-order valence-electron chi connectivity index (χ3n) is 6.72. The van der Waals surface area contributed by atoms with Gasteiger partial charge in [-0.05, 0) is 65.9 Å². The van der Waals surface area contributed by atoms with Gasteiger partial charge >= 0.3 is 0 Å². The molecule has 2 aromatic heterocycles. The number of piperazine rings is 1. The van der Waals surface area contributed by atoms with E-state index in [0.29, 0.717) is 24.5 Å². The molecule has 0 bridgehead atoms. The Morgan fingerprint density at radius 2 is 1.83 bits per heavy atom. The first-order valence-corrected chi connectivity index (χ1v) is 12.3. The summed E-state index contributed by atoms with van der Waals surface area (Å²) in [5, 5.41) is 13.5. The summed E-state index contributed by atoms with van der Waals surface area (Å²) < 4.78 is 20.8. The fraction of sp³-hybridized carbons (Fsp3) is 0.385. The highest BCUT2D eigenvalue weighted by molar-refractivity contribution is 5.80. The summed E-state index contributed by atoms with van der Waals surface area (Å²) >= 11 is 0. The minimum absolute atomic E-state index is 0.175. The number of aromatic amines is 1. The molecule has 9 nitrogen and oxygen atoms in total. The van der Waals surface area contributed by atoms with Crippen LogP contribution in [0.1, 0.15) is 36.8 Å². The molecule has 1 aliphatic heterocycles. The topological polar surface area (TPSA) is 92.2 Å². The minimum Gasteiger partial charge on any atom is -0.494 e. The van der Waals surface area contributed by atoms with Crippen molar-refractivity contribution < 1.29 is 9.13 Å². The largest absolute Gasteiger partial charge is 0.494 e. The molecular weight excluding hydrogens is 461 g/mol. The van der Waals surface area contributed by atoms with E-state index >= 15 is 0 Å². The van der Waals surface area contributed by atoms with E-state index in [1.807, 2.05) is 31.2 Å². The van der Waals surface area contributed by atoms with Gasteiger partial charge in [-0.3, -0.25) is 9.69 Å². The van der Waals surface area contributed by atoms with Crippen LogP contribution in [0.25, 0.3) is 10.9 Å². The molecule has 36 heavy (non-hydrogen) atoms. The van der Waals surface area contributed by atoms with Gasteiger partial charge in [0.1, 0.15) is 17.6 Å². The monoisotopic (exact) mass is 491 g/mol. The first-order valence-electron chi connectivity index (χ1n) is 12.3. The molecule has 10 heteroatoms. The molecule has 0 amide bonds. The summed E-state index contributed by atoms with van der Waals surface area (Å²) in [5.74, 6) is 1.03. The SMILES string of the molecule is CCOc1ccc2[nH]c(=O)c([C@@H](c3nnnn3Cc3ccc(F)cc3)N3CCN(CC)CC3)cc2c1. The van der Waals surface area contributed by atoms with Crippen LogP contribution >= 0.6 is 0 Å². The lowest BCUT2D eigenvalue weighted by atomic mass is 10.0. The Morgan fingerprint density at radius 3 is 2.56 bits per heavy atom. The predicted octanol–water partition coefficient (Wildman–Crippen LogP) is 2.83. The number of tetrazole rings is 1. The van der Waals surface area contributed by atoms with Crippen LogP contribution in [0.2, 0.25) is 0 Å². The van der Waals surface area contributed by atoms with Crippen molar-refractivity contribution >= 4 is 10.9 Å². The number of nitrogens with one attached hydrogen (secondary N) is 1. The second-order valence-electron chi connectivity index (χ2n) is 8.93. The van der Waals surface area contributed by atoms with Gasteiger partial charge in [-0.2, -0.15) is 0 Å². The number of benzene rings is 2. The van der Waals surface area contributed by atoms with E-state index in [4.69, 9.17) is 4.74 Å². The van der Waals surface area contributed by atoms with E-state index in [1.54, 1.807) is 16.8 Å². The van der Waals surface area contributed by atoms with Gasteiger partial charge in [-0.1, -0.05) is 19.1 Å². The van der Waals surface area contributed by atoms with E-state index in [9.17, 15) is 9.18 Å². The first kappa shape index (κ1) is 24.1. The van der Waals surface area contributed by atoms with Crippen molar-refractivity contribution in [3.63, 3.8) is 0 Å². The van der Waals surface area contributed by atoms with Crippen LogP contribution in [-0.4, -0.2) is 74.3 Å². The van der Waals surface area contributed by atoms with Crippen LogP contribution in [0.3, 0.4) is 0 Å². The fourth-order valence-corrected chi connectivity index (χ4v) is 4.78. The number of fused-ring (bicyclic) bond motifs is 1. The first-order chi connectivity index (χ1) is 17.6. The second kappa shape index (κ2) is 10.5. The van der Waals surface area contributed by atoms with E-state index in [0.717, 1.165) is 54.9 Å². The van der Waals surface area contributed by atoms with Crippen molar-refractivity contribution in [2.75, 3.05) is 39.3 Å². The number of rotatable bonds is 8. The molecule has 1 atom stereocenters. The molecule has 0 spiro atoms. The Kier molecular flexibility index (Phi) is 7.06. The summed E-state index contributed by atoms with van der Waals surface area (Å²) in [6.45, 7) is 9.35. The van der Waals surface area contributed by atoms with E-state index < -0.39 is 6.04 Å². The molecule has 1 saturated heterocycles. The smallest absolute Gasteiger partial charge is 0.253 e. The molecule has 1 aliphatic rings. The lowest BCUT2D eigenvalue weighted by molar-refractivity contribution is 0.108. The van der Waals surface area contributed by atoms with Crippen LogP contribution in [-0.2, 0) is 6.54 Å². The number of pyridine rings is 1. The van der Waals surface area contributed by atoms with E-state index in [-0.39, 0.29) is 11.4 Å². The summed E-state index contributed by atoms with van der Waals surface area (Å²) in [6.07, 6.45) is 0. The van der Waals surface area contributed by atoms with Crippen LogP contribution in [0.5, 0.6) is 5.75 Å². The average Bonchev–Trinajstić information content (AvgIpc) is 3.34. The molecule has 4 aromatic rings. The highest BCUT2D eigenvalue weighted by Gasteiger charge is 2.32. The number of halogens is 1. The number of H-pyrrole nitrogens is 1. The highest BCUT2D eigenvalue weighted by atomic mass is 19.1. The fourth-order valence-electron chi connectivity index (χ4n) is 4.78. The minimum atomic E-state index is -0.441. The zero-order valence-corrected chi connectivity index (χ0v) is 20.5. The zero-order chi connectivity index (χ0) is 25.1. The third kappa shape index (κ3) is 5.00. The van der Waals surface area contributed by atoms with Gasteiger partial charge in [0, 0.05) is 42.6 Å². The molecule has 188 valence electrons. The third-order valence-corrected chi connectivity index (χ3v) is 6.72. The molecule has 0 aliphatic carbocycles. The standard InChI is InChI=1S/C26H30FN7O2/c1-3-32-11-13-33(14-12-32)24(25-29-30-31-34(25)17-18-5-7-20(27)8-6-18)22-16-19-15-21(36-4-2)9-10-23(19)28-26(22)35/h5-10,15-16,24H,3-4,11-14,17H2,1-2H3,(H,28,35)/t24-/m0/s1. The summed E-state index contributed by atoms with van der Waals surface area (Å²) in [5.41, 5.74) is 2.02. The van der Waals surface area contributed by atoms with Crippen molar-refractivity contribution in [2.45, 2.75) is 26.4 Å². The summed E-state index contributed by atoms with van der Waals surface area (Å²) in [7, 11) is 0. The van der Waals surface area contributed by atoms with Gasteiger partial charge in [0.2, 0.25) is 0 Å². The molecule has 3 heterocycles. The zero-order valence-electron chi connectivity index (χ0n) is 20.5. The van der Waals surface area contributed by atoms with E-state index in [2.05, 4.69) is 37.2 Å². The highest BCUT2D eigenvalue weighted by Crippen LogP contribution is 2.29. The molecular formula is C26H30FN7O2. The molecule has 0 unspecified atom stereocenters. The molecule has 2 aromatic carbocycles. The van der Waals surface area contributed by atoms with Crippen LogP contribution in [0.4, 0.5) is 4.39 Å². The normalized spacial score (nSPS) is 15.9. The number of hydrogen-bond donors (Lipinski definition) is 1. The Balaban J connectivity index is 1.58. The maximum atomic E-state index is 13.4. The van der Waals surface area contributed by atoms with Crippen molar-refractivity contribution in [2.24, 2.45) is 0 Å². The molecule has 5 rings (SSSR count).